The predicted molar refractivity (Wildman–Crippen MR) is 133 cm³/mol. The van der Waals surface area contributed by atoms with Crippen molar-refractivity contribution in [3.8, 4) is 23.0 Å². The van der Waals surface area contributed by atoms with Gasteiger partial charge in [0.15, 0.2) is 23.0 Å². The number of methoxy groups -OCH3 is 4. The summed E-state index contributed by atoms with van der Waals surface area (Å²) < 4.78 is 38.9. The molecule has 0 radical (unpaired) electrons. The fraction of sp³-hybridized carbons (Fsp3) is 0.286. The van der Waals surface area contributed by atoms with Crippen LogP contribution in [0.15, 0.2) is 39.2 Å². The molecule has 11 nitrogen and oxygen atoms in total. The van der Waals surface area contributed by atoms with Gasteiger partial charge in [-0.2, -0.15) is 0 Å². The van der Waals surface area contributed by atoms with Gasteiger partial charge < -0.3 is 32.8 Å². The number of allylic oxidation sites excluding steroid dienone is 2. The van der Waals surface area contributed by atoms with Crippen LogP contribution in [-0.4, -0.2) is 51.8 Å². The third kappa shape index (κ3) is 3.49. The second kappa shape index (κ2) is 8.62. The molecule has 3 aliphatic rings. The number of ether oxygens (including phenoxy) is 6. The zero-order valence-electron chi connectivity index (χ0n) is 21.4. The van der Waals surface area contributed by atoms with Crippen molar-refractivity contribution in [2.45, 2.75) is 25.0 Å². The summed E-state index contributed by atoms with van der Waals surface area (Å²) in [6.45, 7) is 0. The van der Waals surface area contributed by atoms with Gasteiger partial charge >= 0.3 is 11.6 Å². The molecule has 0 bridgehead atoms. The minimum atomic E-state index is -1.22. The molecule has 0 N–H and O–H groups in total. The lowest BCUT2D eigenvalue weighted by molar-refractivity contribution is -0.112. The van der Waals surface area contributed by atoms with Crippen LogP contribution < -0.4 is 24.6 Å². The van der Waals surface area contributed by atoms with E-state index in [-0.39, 0.29) is 46.0 Å². The first-order valence-electron chi connectivity index (χ1n) is 12.0. The number of Topliss-reactive ketones (excluding diaryl/α,β-unsaturated/α-hetero) is 1. The maximum Gasteiger partial charge on any atom is 0.374 e. The van der Waals surface area contributed by atoms with Crippen LogP contribution in [-0.2, 0) is 22.3 Å². The Kier molecular flexibility index (Phi) is 5.42. The molecule has 1 unspecified atom stereocenters. The van der Waals surface area contributed by atoms with Gasteiger partial charge in [-0.1, -0.05) is 0 Å². The molecular formula is C28H22O11. The lowest BCUT2D eigenvalue weighted by Crippen LogP contribution is -2.44. The van der Waals surface area contributed by atoms with Crippen molar-refractivity contribution < 1.29 is 47.2 Å². The predicted octanol–water partition coefficient (Wildman–Crippen LogP) is 3.16. The zero-order valence-corrected chi connectivity index (χ0v) is 21.4. The van der Waals surface area contributed by atoms with E-state index in [1.165, 1.54) is 40.6 Å². The molecule has 6 rings (SSSR count). The highest BCUT2D eigenvalue weighted by molar-refractivity contribution is 6.25. The van der Waals surface area contributed by atoms with E-state index in [4.69, 9.17) is 28.1 Å². The summed E-state index contributed by atoms with van der Waals surface area (Å²) in [5.74, 6) is -2.17. The van der Waals surface area contributed by atoms with E-state index in [0.717, 1.165) is 11.6 Å². The molecular weight excluding hydrogens is 512 g/mol. The lowest BCUT2D eigenvalue weighted by atomic mass is 9.88. The molecule has 1 aromatic heterocycles. The van der Waals surface area contributed by atoms with Gasteiger partial charge in [-0.25, -0.2) is 9.59 Å². The molecule has 0 saturated carbocycles. The van der Waals surface area contributed by atoms with Crippen LogP contribution in [0.1, 0.15) is 48.8 Å². The summed E-state index contributed by atoms with van der Waals surface area (Å²) in [5, 5.41) is 0.532. The fourth-order valence-electron chi connectivity index (χ4n) is 5.44. The number of ketones is 2. The van der Waals surface area contributed by atoms with Crippen molar-refractivity contribution >= 4 is 28.3 Å². The summed E-state index contributed by atoms with van der Waals surface area (Å²) in [5.41, 5.74) is 0.778. The SMILES string of the molecule is COC(=O)c1cc2cc3c(c(OC)c2c(=O)o1)OC1(CC3)Cc2c(cc3c(c2OC)C(=O)C=C(OC)C3=O)O1. The highest BCUT2D eigenvalue weighted by Crippen LogP contribution is 2.51. The van der Waals surface area contributed by atoms with Gasteiger partial charge in [0.1, 0.15) is 16.9 Å². The fourth-order valence-corrected chi connectivity index (χ4v) is 5.44. The minimum Gasteiger partial charge on any atom is -0.496 e. The topological polar surface area (TPSA) is 137 Å². The van der Waals surface area contributed by atoms with Crippen LogP contribution in [0.2, 0.25) is 0 Å². The molecule has 3 aromatic rings. The third-order valence-corrected chi connectivity index (χ3v) is 7.18. The van der Waals surface area contributed by atoms with Gasteiger partial charge in [0.05, 0.1) is 40.4 Å². The number of carbonyl (C=O) groups excluding carboxylic acids is 3. The molecule has 0 saturated heterocycles. The maximum absolute atomic E-state index is 12.9. The highest BCUT2D eigenvalue weighted by atomic mass is 16.7. The van der Waals surface area contributed by atoms with Crippen molar-refractivity contribution in [3.05, 3.63) is 68.5 Å². The number of rotatable bonds is 4. The van der Waals surface area contributed by atoms with Crippen molar-refractivity contribution in [1.82, 2.24) is 0 Å². The first kappa shape index (κ1) is 24.5. The Morgan fingerprint density at radius 1 is 0.949 bits per heavy atom. The second-order valence-corrected chi connectivity index (χ2v) is 9.26. The largest absolute Gasteiger partial charge is 0.496 e. The molecule has 0 fully saturated rings. The van der Waals surface area contributed by atoms with Crippen LogP contribution in [0.4, 0.5) is 0 Å². The van der Waals surface area contributed by atoms with E-state index in [1.807, 2.05) is 0 Å². The number of esters is 1. The van der Waals surface area contributed by atoms with Crippen LogP contribution in [0, 0.1) is 0 Å². The third-order valence-electron chi connectivity index (χ3n) is 7.18. The Morgan fingerprint density at radius 3 is 2.41 bits per heavy atom. The Balaban J connectivity index is 1.44. The van der Waals surface area contributed by atoms with Crippen LogP contribution in [0.25, 0.3) is 10.8 Å². The summed E-state index contributed by atoms with van der Waals surface area (Å²) in [4.78, 5) is 50.7. The Labute approximate surface area is 220 Å². The number of benzene rings is 2. The minimum absolute atomic E-state index is 0.0733. The molecule has 1 spiro atoms. The summed E-state index contributed by atoms with van der Waals surface area (Å²) in [6.07, 6.45) is 2.22. The van der Waals surface area contributed by atoms with Crippen molar-refractivity contribution in [1.29, 1.82) is 0 Å². The second-order valence-electron chi connectivity index (χ2n) is 9.26. The number of hydrogen-bond acceptors (Lipinski definition) is 11. The van der Waals surface area contributed by atoms with Gasteiger partial charge in [-0.15, -0.1) is 0 Å². The molecule has 1 atom stereocenters. The normalized spacial score (nSPS) is 18.9. The van der Waals surface area contributed by atoms with Crippen LogP contribution in [0.5, 0.6) is 23.0 Å². The molecule has 11 heteroatoms. The van der Waals surface area contributed by atoms with Crippen LogP contribution >= 0.6 is 0 Å². The first-order valence-corrected chi connectivity index (χ1v) is 12.0. The Morgan fingerprint density at radius 2 is 1.72 bits per heavy atom. The summed E-state index contributed by atoms with van der Waals surface area (Å²) >= 11 is 0. The van der Waals surface area contributed by atoms with Gasteiger partial charge in [-0.05, 0) is 35.6 Å². The number of hydrogen-bond donors (Lipinski definition) is 0. The Bertz CT molecular complexity index is 1710. The van der Waals surface area contributed by atoms with Crippen molar-refractivity contribution in [3.63, 3.8) is 0 Å². The van der Waals surface area contributed by atoms with E-state index in [1.54, 1.807) is 6.07 Å². The average molecular weight is 534 g/mol. The maximum atomic E-state index is 12.9. The highest BCUT2D eigenvalue weighted by Gasteiger charge is 2.48. The molecule has 2 aliphatic heterocycles. The number of fused-ring (bicyclic) bond motifs is 4. The summed E-state index contributed by atoms with van der Waals surface area (Å²) in [6, 6.07) is 4.66. The van der Waals surface area contributed by atoms with Gasteiger partial charge in [0.2, 0.25) is 11.5 Å². The van der Waals surface area contributed by atoms with Gasteiger partial charge in [0, 0.05) is 23.6 Å². The van der Waals surface area contributed by atoms with Gasteiger partial charge in [-0.3, -0.25) is 9.59 Å². The van der Waals surface area contributed by atoms with E-state index < -0.39 is 28.9 Å². The van der Waals surface area contributed by atoms with Gasteiger partial charge in [0.25, 0.3) is 5.79 Å². The molecule has 2 aromatic carbocycles. The summed E-state index contributed by atoms with van der Waals surface area (Å²) in [7, 11) is 5.32. The van der Waals surface area contributed by atoms with E-state index in [0.29, 0.717) is 35.3 Å². The lowest BCUT2D eigenvalue weighted by Gasteiger charge is -2.35. The van der Waals surface area contributed by atoms with Crippen molar-refractivity contribution in [2.24, 2.45) is 0 Å². The first-order chi connectivity index (χ1) is 18.7. The number of carbonyl (C=O) groups is 3. The molecule has 1 aliphatic carbocycles. The monoisotopic (exact) mass is 534 g/mol. The van der Waals surface area contributed by atoms with E-state index in [2.05, 4.69) is 4.74 Å². The smallest absolute Gasteiger partial charge is 0.374 e. The standard InChI is InChI=1S/C28H22O11/c1-33-18-10-16(29)21-14(22(18)30)9-17-15(24(21)34-2)11-28(38-17)6-5-12-7-13-8-19(26(31)36-4)37-27(32)20(13)25(35-3)23(12)39-28/h7-10H,5-6,11H2,1-4H3. The number of aryl methyl sites for hydroxylation is 1. The van der Waals surface area contributed by atoms with E-state index >= 15 is 0 Å². The average Bonchev–Trinajstić information content (AvgIpc) is 3.29. The molecule has 3 heterocycles. The van der Waals surface area contributed by atoms with E-state index in [9.17, 15) is 19.2 Å². The zero-order chi connectivity index (χ0) is 27.6. The van der Waals surface area contributed by atoms with Crippen LogP contribution in [0.3, 0.4) is 0 Å². The molecule has 200 valence electrons. The Hall–Kier alpha value is -4.80. The van der Waals surface area contributed by atoms with Crippen molar-refractivity contribution in [2.75, 3.05) is 28.4 Å². The quantitative estimate of drug-likeness (QED) is 0.457. The molecule has 0 amide bonds. The molecule has 39 heavy (non-hydrogen) atoms.